The van der Waals surface area contributed by atoms with Gasteiger partial charge in [0.1, 0.15) is 11.6 Å². The molecule has 0 aliphatic heterocycles. The summed E-state index contributed by atoms with van der Waals surface area (Å²) >= 11 is 1.29. The number of rotatable bonds is 7. The molecule has 0 fully saturated rings. The predicted molar refractivity (Wildman–Crippen MR) is 100.0 cm³/mol. The first-order valence-electron chi connectivity index (χ1n) is 7.76. The fourth-order valence-corrected chi connectivity index (χ4v) is 3.40. The van der Waals surface area contributed by atoms with Crippen molar-refractivity contribution in [3.63, 3.8) is 0 Å². The molecule has 9 heteroatoms. The van der Waals surface area contributed by atoms with E-state index < -0.39 is 0 Å². The van der Waals surface area contributed by atoms with Gasteiger partial charge in [0, 0.05) is 20.5 Å². The highest BCUT2D eigenvalue weighted by atomic mass is 35.5. The average Bonchev–Trinajstić information content (AvgIpc) is 2.95. The molecule has 0 saturated carbocycles. The van der Waals surface area contributed by atoms with E-state index >= 15 is 0 Å². The summed E-state index contributed by atoms with van der Waals surface area (Å²) in [4.78, 5) is 13.8. The predicted octanol–water partition coefficient (Wildman–Crippen LogP) is 2.29. The summed E-state index contributed by atoms with van der Waals surface area (Å²) in [5.74, 6) is 0.201. The van der Waals surface area contributed by atoms with Gasteiger partial charge in [-0.2, -0.15) is 0 Å². The van der Waals surface area contributed by atoms with Crippen LogP contribution in [0.2, 0.25) is 0 Å². The first-order valence-corrected chi connectivity index (χ1v) is 8.64. The molecule has 1 aromatic carbocycles. The number of amides is 1. The van der Waals surface area contributed by atoms with E-state index in [9.17, 15) is 9.18 Å². The number of carbonyl (C=O) groups excluding carboxylic acids is 1. The van der Waals surface area contributed by atoms with Crippen molar-refractivity contribution in [2.45, 2.75) is 30.2 Å². The Bertz CT molecular complexity index is 710. The summed E-state index contributed by atoms with van der Waals surface area (Å²) < 4.78 is 15.9. The van der Waals surface area contributed by atoms with Crippen LogP contribution in [0.3, 0.4) is 0 Å². The second-order valence-electron chi connectivity index (χ2n) is 5.47. The van der Waals surface area contributed by atoms with Crippen molar-refractivity contribution >= 4 is 30.1 Å². The SMILES string of the molecule is CCC(Sc1nnc(CCN)n1-c1ccccc1F)C(=O)N(C)C.Cl. The van der Waals surface area contributed by atoms with Crippen molar-refractivity contribution in [2.75, 3.05) is 20.6 Å². The van der Waals surface area contributed by atoms with E-state index in [0.717, 1.165) is 0 Å². The summed E-state index contributed by atoms with van der Waals surface area (Å²) in [6, 6.07) is 6.43. The number of thioether (sulfide) groups is 1. The molecule has 1 atom stereocenters. The molecule has 0 bridgehead atoms. The van der Waals surface area contributed by atoms with Gasteiger partial charge in [-0.3, -0.25) is 9.36 Å². The minimum absolute atomic E-state index is 0. The maximum absolute atomic E-state index is 14.3. The van der Waals surface area contributed by atoms with E-state index in [0.29, 0.717) is 36.1 Å². The molecule has 0 radical (unpaired) electrons. The molecule has 0 saturated heterocycles. The van der Waals surface area contributed by atoms with E-state index in [1.165, 1.54) is 17.8 Å². The lowest BCUT2D eigenvalue weighted by molar-refractivity contribution is -0.128. The zero-order valence-corrected chi connectivity index (χ0v) is 16.1. The van der Waals surface area contributed by atoms with Crippen LogP contribution in [0, 0.1) is 5.82 Å². The van der Waals surface area contributed by atoms with Crippen molar-refractivity contribution in [3.05, 3.63) is 35.9 Å². The molecule has 0 aliphatic rings. The lowest BCUT2D eigenvalue weighted by Gasteiger charge is -2.19. The van der Waals surface area contributed by atoms with Gasteiger partial charge in [0.25, 0.3) is 0 Å². The van der Waals surface area contributed by atoms with Gasteiger partial charge in [0.05, 0.1) is 10.9 Å². The highest BCUT2D eigenvalue weighted by Crippen LogP contribution is 2.29. The second-order valence-corrected chi connectivity index (χ2v) is 6.64. The summed E-state index contributed by atoms with van der Waals surface area (Å²) in [6.07, 6.45) is 1.11. The van der Waals surface area contributed by atoms with Gasteiger partial charge in [-0.15, -0.1) is 22.6 Å². The van der Waals surface area contributed by atoms with Crippen LogP contribution >= 0.6 is 24.2 Å². The molecule has 1 unspecified atom stereocenters. The average molecular weight is 388 g/mol. The van der Waals surface area contributed by atoms with Gasteiger partial charge in [-0.05, 0) is 25.1 Å². The molecule has 1 amide bonds. The third-order valence-corrected chi connectivity index (χ3v) is 4.79. The smallest absolute Gasteiger partial charge is 0.235 e. The van der Waals surface area contributed by atoms with Crippen LogP contribution in [0.5, 0.6) is 0 Å². The summed E-state index contributed by atoms with van der Waals surface area (Å²) in [5, 5.41) is 8.49. The zero-order valence-electron chi connectivity index (χ0n) is 14.5. The van der Waals surface area contributed by atoms with Crippen molar-refractivity contribution in [1.82, 2.24) is 19.7 Å². The Morgan fingerprint density at radius 2 is 2.04 bits per heavy atom. The number of carbonyl (C=O) groups is 1. The molecule has 6 nitrogen and oxygen atoms in total. The second kappa shape index (κ2) is 9.74. The van der Waals surface area contributed by atoms with Crippen LogP contribution < -0.4 is 5.73 Å². The number of halogens is 2. The van der Waals surface area contributed by atoms with E-state index in [1.807, 2.05) is 6.92 Å². The molecule has 1 aromatic heterocycles. The van der Waals surface area contributed by atoms with Crippen molar-refractivity contribution in [3.8, 4) is 5.69 Å². The molecule has 138 valence electrons. The minimum Gasteiger partial charge on any atom is -0.348 e. The normalized spacial score (nSPS) is 11.7. The van der Waals surface area contributed by atoms with E-state index in [4.69, 9.17) is 5.73 Å². The van der Waals surface area contributed by atoms with Crippen LogP contribution in [0.4, 0.5) is 4.39 Å². The molecule has 2 aromatic rings. The van der Waals surface area contributed by atoms with Gasteiger partial charge in [-0.25, -0.2) is 4.39 Å². The lowest BCUT2D eigenvalue weighted by Crippen LogP contribution is -2.31. The Kier molecular flexibility index (Phi) is 8.34. The van der Waals surface area contributed by atoms with E-state index in [-0.39, 0.29) is 29.4 Å². The van der Waals surface area contributed by atoms with Crippen molar-refractivity contribution in [1.29, 1.82) is 0 Å². The maximum Gasteiger partial charge on any atom is 0.235 e. The number of para-hydroxylation sites is 1. The molecule has 0 aliphatic carbocycles. The van der Waals surface area contributed by atoms with Crippen molar-refractivity contribution in [2.24, 2.45) is 5.73 Å². The van der Waals surface area contributed by atoms with Crippen molar-refractivity contribution < 1.29 is 9.18 Å². The third kappa shape index (κ3) is 4.93. The molecule has 25 heavy (non-hydrogen) atoms. The number of benzene rings is 1. The summed E-state index contributed by atoms with van der Waals surface area (Å²) in [6.45, 7) is 2.31. The largest absolute Gasteiger partial charge is 0.348 e. The number of nitrogens with two attached hydrogens (primary N) is 1. The van der Waals surface area contributed by atoms with Gasteiger partial charge < -0.3 is 10.6 Å². The van der Waals surface area contributed by atoms with Crippen LogP contribution in [0.1, 0.15) is 19.2 Å². The standard InChI is InChI=1S/C16H22FN5OS.ClH/c1-4-13(15(23)21(2)3)24-16-20-19-14(9-10-18)22(16)12-8-6-5-7-11(12)17;/h5-8,13H,4,9-10,18H2,1-3H3;1H. The van der Waals surface area contributed by atoms with E-state index in [1.54, 1.807) is 41.8 Å². The Morgan fingerprint density at radius 1 is 1.36 bits per heavy atom. The Balaban J connectivity index is 0.00000312. The molecular formula is C16H23ClFN5OS. The zero-order chi connectivity index (χ0) is 17.7. The van der Waals surface area contributed by atoms with Crippen LogP contribution in [-0.2, 0) is 11.2 Å². The molecule has 2 N–H and O–H groups in total. The number of hydrogen-bond donors (Lipinski definition) is 1. The summed E-state index contributed by atoms with van der Waals surface area (Å²) in [5.41, 5.74) is 5.99. The Labute approximate surface area is 157 Å². The minimum atomic E-state index is -0.371. The maximum atomic E-state index is 14.3. The van der Waals surface area contributed by atoms with Gasteiger partial charge in [-0.1, -0.05) is 30.8 Å². The first kappa shape index (κ1) is 21.4. The van der Waals surface area contributed by atoms with Gasteiger partial charge in [0.15, 0.2) is 5.16 Å². The van der Waals surface area contributed by atoms with Gasteiger partial charge >= 0.3 is 0 Å². The molecule has 2 rings (SSSR count). The number of hydrogen-bond acceptors (Lipinski definition) is 5. The third-order valence-electron chi connectivity index (χ3n) is 3.50. The number of nitrogens with zero attached hydrogens (tertiary/aromatic N) is 4. The van der Waals surface area contributed by atoms with E-state index in [2.05, 4.69) is 10.2 Å². The highest BCUT2D eigenvalue weighted by molar-refractivity contribution is 8.00. The van der Waals surface area contributed by atoms with Crippen LogP contribution in [0.25, 0.3) is 5.69 Å². The lowest BCUT2D eigenvalue weighted by atomic mass is 10.3. The molecular weight excluding hydrogens is 365 g/mol. The topological polar surface area (TPSA) is 77.0 Å². The Hall–Kier alpha value is -1.64. The van der Waals surface area contributed by atoms with Crippen LogP contribution in [0.15, 0.2) is 29.4 Å². The summed E-state index contributed by atoms with van der Waals surface area (Å²) in [7, 11) is 3.43. The fraction of sp³-hybridized carbons (Fsp3) is 0.438. The van der Waals surface area contributed by atoms with Gasteiger partial charge in [0.2, 0.25) is 5.91 Å². The highest BCUT2D eigenvalue weighted by Gasteiger charge is 2.25. The van der Waals surface area contributed by atoms with Crippen LogP contribution in [-0.4, -0.2) is 51.5 Å². The monoisotopic (exact) mass is 387 g/mol. The fourth-order valence-electron chi connectivity index (χ4n) is 2.27. The molecule has 0 spiro atoms. The Morgan fingerprint density at radius 3 is 2.60 bits per heavy atom. The first-order chi connectivity index (χ1) is 11.5. The quantitative estimate of drug-likeness (QED) is 0.737. The number of aromatic nitrogens is 3. The molecule has 1 heterocycles.